The molecule has 0 saturated carbocycles. The van der Waals surface area contributed by atoms with Crippen molar-refractivity contribution in [3.63, 3.8) is 0 Å². The zero-order valence-electron chi connectivity index (χ0n) is 9.27. The van der Waals surface area contributed by atoms with Gasteiger partial charge in [0.1, 0.15) is 12.2 Å². The number of rotatable bonds is 5. The van der Waals surface area contributed by atoms with Crippen LogP contribution in [-0.4, -0.2) is 27.2 Å². The summed E-state index contributed by atoms with van der Waals surface area (Å²) in [7, 11) is 1.88. The lowest BCUT2D eigenvalue weighted by atomic mass is 10.1. The van der Waals surface area contributed by atoms with E-state index in [1.54, 1.807) is 13.3 Å². The van der Waals surface area contributed by atoms with Crippen molar-refractivity contribution in [3.8, 4) is 0 Å². The first-order valence-corrected chi connectivity index (χ1v) is 4.89. The van der Waals surface area contributed by atoms with Gasteiger partial charge in [-0.15, -0.1) is 10.2 Å². The third-order valence-corrected chi connectivity index (χ3v) is 2.35. The van der Waals surface area contributed by atoms with E-state index in [9.17, 15) is 4.79 Å². The molecule has 0 aliphatic heterocycles. The molecule has 1 heterocycles. The van der Waals surface area contributed by atoms with E-state index in [0.29, 0.717) is 6.54 Å². The van der Waals surface area contributed by atoms with Crippen LogP contribution >= 0.6 is 0 Å². The Kier molecular flexibility index (Phi) is 3.79. The lowest BCUT2D eigenvalue weighted by molar-refractivity contribution is -0.121. The van der Waals surface area contributed by atoms with Crippen molar-refractivity contribution in [1.29, 1.82) is 0 Å². The number of amides is 1. The summed E-state index contributed by atoms with van der Waals surface area (Å²) < 4.78 is 1.84. The van der Waals surface area contributed by atoms with Gasteiger partial charge in [0, 0.05) is 19.5 Å². The lowest BCUT2D eigenvalue weighted by Gasteiger charge is -2.14. The number of hydrogen-bond donors (Lipinski definition) is 2. The number of aromatic nitrogens is 3. The molecule has 6 heteroatoms. The van der Waals surface area contributed by atoms with Gasteiger partial charge in [0.25, 0.3) is 0 Å². The number of aryl methyl sites for hydroxylation is 1. The summed E-state index contributed by atoms with van der Waals surface area (Å²) in [5, 5.41) is 10.9. The molecule has 2 unspecified atom stereocenters. The van der Waals surface area contributed by atoms with Crippen molar-refractivity contribution in [1.82, 2.24) is 20.1 Å². The van der Waals surface area contributed by atoms with Crippen molar-refractivity contribution in [3.05, 3.63) is 12.2 Å². The molecular formula is C9H17N5O. The van der Waals surface area contributed by atoms with E-state index in [0.717, 1.165) is 5.82 Å². The second-order valence-electron chi connectivity index (χ2n) is 3.73. The number of nitrogens with zero attached hydrogens (tertiary/aromatic N) is 3. The molecule has 0 radical (unpaired) electrons. The molecule has 1 amide bonds. The molecule has 1 aromatic rings. The van der Waals surface area contributed by atoms with Gasteiger partial charge in [-0.2, -0.15) is 0 Å². The highest BCUT2D eigenvalue weighted by atomic mass is 16.1. The Morgan fingerprint density at radius 2 is 2.33 bits per heavy atom. The molecule has 3 N–H and O–H groups in total. The van der Waals surface area contributed by atoms with E-state index in [1.807, 2.05) is 18.5 Å². The third-order valence-electron chi connectivity index (χ3n) is 2.35. The molecule has 0 aliphatic rings. The van der Waals surface area contributed by atoms with Gasteiger partial charge >= 0.3 is 0 Å². The number of hydrogen-bond acceptors (Lipinski definition) is 4. The van der Waals surface area contributed by atoms with Crippen LogP contribution in [0.4, 0.5) is 0 Å². The van der Waals surface area contributed by atoms with Gasteiger partial charge in [0.15, 0.2) is 0 Å². The van der Waals surface area contributed by atoms with E-state index >= 15 is 0 Å². The fourth-order valence-electron chi connectivity index (χ4n) is 1.23. The van der Waals surface area contributed by atoms with Gasteiger partial charge < -0.3 is 15.6 Å². The summed E-state index contributed by atoms with van der Waals surface area (Å²) in [5.74, 6) is 0.361. The summed E-state index contributed by atoms with van der Waals surface area (Å²) >= 11 is 0. The minimum atomic E-state index is -0.298. The quantitative estimate of drug-likeness (QED) is 0.693. The van der Waals surface area contributed by atoms with Crippen LogP contribution in [0.2, 0.25) is 0 Å². The summed E-state index contributed by atoms with van der Waals surface area (Å²) in [6.07, 6.45) is 1.64. The van der Waals surface area contributed by atoms with Crippen LogP contribution in [-0.2, 0) is 11.8 Å². The predicted octanol–water partition coefficient (Wildman–Crippen LogP) is -0.413. The molecule has 15 heavy (non-hydrogen) atoms. The largest absolute Gasteiger partial charge is 0.369 e. The first-order valence-electron chi connectivity index (χ1n) is 4.89. The van der Waals surface area contributed by atoms with E-state index < -0.39 is 0 Å². The number of nitrogens with two attached hydrogens (primary N) is 1. The van der Waals surface area contributed by atoms with Gasteiger partial charge in [0.05, 0.1) is 6.04 Å². The first-order chi connectivity index (χ1) is 7.02. The molecule has 84 valence electrons. The summed E-state index contributed by atoms with van der Waals surface area (Å²) in [6, 6.07) is 0.0549. The normalized spacial score (nSPS) is 14.9. The van der Waals surface area contributed by atoms with Crippen molar-refractivity contribution in [2.24, 2.45) is 18.7 Å². The van der Waals surface area contributed by atoms with Gasteiger partial charge in [-0.25, -0.2) is 0 Å². The molecule has 1 rings (SSSR count). The van der Waals surface area contributed by atoms with Crippen LogP contribution in [0, 0.1) is 5.92 Å². The summed E-state index contributed by atoms with van der Waals surface area (Å²) in [4.78, 5) is 10.8. The Morgan fingerprint density at radius 3 is 2.80 bits per heavy atom. The zero-order chi connectivity index (χ0) is 11.4. The Morgan fingerprint density at radius 1 is 1.67 bits per heavy atom. The maximum Gasteiger partial charge on any atom is 0.221 e. The van der Waals surface area contributed by atoms with E-state index in [4.69, 9.17) is 5.73 Å². The molecule has 0 bridgehead atoms. The Bertz CT molecular complexity index is 335. The van der Waals surface area contributed by atoms with Crippen LogP contribution in [0.25, 0.3) is 0 Å². The standard InChI is InChI=1S/C9H17N5O/c1-6(8(10)15)4-11-7(2)9-13-12-5-14(9)3/h5-7,11H,4H2,1-3H3,(H2,10,15). The fourth-order valence-corrected chi connectivity index (χ4v) is 1.23. The monoisotopic (exact) mass is 211 g/mol. The Balaban J connectivity index is 2.47. The smallest absolute Gasteiger partial charge is 0.221 e. The summed E-state index contributed by atoms with van der Waals surface area (Å²) in [5.41, 5.74) is 5.16. The maximum absolute atomic E-state index is 10.8. The van der Waals surface area contributed by atoms with E-state index in [1.165, 1.54) is 0 Å². The number of primary amides is 1. The van der Waals surface area contributed by atoms with Gasteiger partial charge in [-0.1, -0.05) is 6.92 Å². The van der Waals surface area contributed by atoms with Crippen LogP contribution in [0.15, 0.2) is 6.33 Å². The number of nitrogens with one attached hydrogen (secondary N) is 1. The van der Waals surface area contributed by atoms with Crippen LogP contribution in [0.1, 0.15) is 25.7 Å². The fraction of sp³-hybridized carbons (Fsp3) is 0.667. The minimum absolute atomic E-state index is 0.0549. The van der Waals surface area contributed by atoms with E-state index in [-0.39, 0.29) is 17.9 Å². The molecule has 0 aliphatic carbocycles. The predicted molar refractivity (Wildman–Crippen MR) is 55.8 cm³/mol. The number of carbonyl (C=O) groups is 1. The van der Waals surface area contributed by atoms with Gasteiger partial charge in [-0.05, 0) is 6.92 Å². The second kappa shape index (κ2) is 4.88. The Labute approximate surface area is 88.9 Å². The lowest BCUT2D eigenvalue weighted by Crippen LogP contribution is -2.33. The van der Waals surface area contributed by atoms with Crippen molar-refractivity contribution in [2.45, 2.75) is 19.9 Å². The highest BCUT2D eigenvalue weighted by Crippen LogP contribution is 2.07. The maximum atomic E-state index is 10.8. The SMILES string of the molecule is CC(CNC(C)c1nncn1C)C(N)=O. The molecule has 6 nitrogen and oxygen atoms in total. The average molecular weight is 211 g/mol. The molecule has 1 aromatic heterocycles. The van der Waals surface area contributed by atoms with Crippen LogP contribution in [0.3, 0.4) is 0 Å². The topological polar surface area (TPSA) is 85.8 Å². The molecular weight excluding hydrogens is 194 g/mol. The summed E-state index contributed by atoms with van der Waals surface area (Å²) in [6.45, 7) is 4.31. The van der Waals surface area contributed by atoms with Crippen LogP contribution in [0.5, 0.6) is 0 Å². The molecule has 2 atom stereocenters. The van der Waals surface area contributed by atoms with Crippen molar-refractivity contribution >= 4 is 5.91 Å². The second-order valence-corrected chi connectivity index (χ2v) is 3.73. The van der Waals surface area contributed by atoms with Crippen LogP contribution < -0.4 is 11.1 Å². The van der Waals surface area contributed by atoms with E-state index in [2.05, 4.69) is 15.5 Å². The van der Waals surface area contributed by atoms with Gasteiger partial charge in [-0.3, -0.25) is 4.79 Å². The Hall–Kier alpha value is -1.43. The third kappa shape index (κ3) is 3.02. The average Bonchev–Trinajstić information content (AvgIpc) is 2.60. The van der Waals surface area contributed by atoms with Gasteiger partial charge in [0.2, 0.25) is 5.91 Å². The van der Waals surface area contributed by atoms with Crippen molar-refractivity contribution in [2.75, 3.05) is 6.54 Å². The first kappa shape index (κ1) is 11.6. The number of carbonyl (C=O) groups excluding carboxylic acids is 1. The molecule has 0 saturated heterocycles. The molecule has 0 fully saturated rings. The highest BCUT2D eigenvalue weighted by Gasteiger charge is 2.14. The van der Waals surface area contributed by atoms with Crippen molar-refractivity contribution < 1.29 is 4.79 Å². The molecule has 0 aromatic carbocycles. The highest BCUT2D eigenvalue weighted by molar-refractivity contribution is 5.76. The zero-order valence-corrected chi connectivity index (χ0v) is 9.27. The minimum Gasteiger partial charge on any atom is -0.369 e. The molecule has 0 spiro atoms.